The molecule has 8 heteroatoms. The number of benzene rings is 1. The third kappa shape index (κ3) is 5.14. The number of likely N-dealkylation sites (N-methyl/N-ethyl adjacent to an activating group) is 1. The lowest BCUT2D eigenvalue weighted by Gasteiger charge is -2.20. The third-order valence-corrected chi connectivity index (χ3v) is 4.22. The Bertz CT molecular complexity index is 835. The van der Waals surface area contributed by atoms with E-state index in [2.05, 4.69) is 21.9 Å². The van der Waals surface area contributed by atoms with Crippen molar-refractivity contribution in [3.05, 3.63) is 59.9 Å². The number of hydrogen-bond donors (Lipinski definition) is 3. The predicted octanol–water partition coefficient (Wildman–Crippen LogP) is 2.07. The predicted molar refractivity (Wildman–Crippen MR) is 110 cm³/mol. The third-order valence-electron chi connectivity index (χ3n) is 4.22. The summed E-state index contributed by atoms with van der Waals surface area (Å²) < 4.78 is 5.11. The molecule has 148 valence electrons. The summed E-state index contributed by atoms with van der Waals surface area (Å²) in [5.74, 6) is 0.550. The fourth-order valence-electron chi connectivity index (χ4n) is 2.72. The molecule has 1 aromatic heterocycles. The monoisotopic (exact) mass is 382 g/mol. The summed E-state index contributed by atoms with van der Waals surface area (Å²) in [6, 6.07) is 7.49. The molecule has 28 heavy (non-hydrogen) atoms. The average Bonchev–Trinajstić information content (AvgIpc) is 2.71. The molecule has 2 aromatic rings. The van der Waals surface area contributed by atoms with Crippen LogP contribution in [0.4, 0.5) is 11.6 Å². The molecule has 2 rings (SSSR count). The lowest BCUT2D eigenvalue weighted by molar-refractivity contribution is -0.125. The maximum Gasteiger partial charge on any atom is 0.246 e. The van der Waals surface area contributed by atoms with E-state index in [-0.39, 0.29) is 17.4 Å². The Morgan fingerprint density at radius 1 is 1.36 bits per heavy atom. The van der Waals surface area contributed by atoms with Crippen LogP contribution in [0, 0.1) is 5.41 Å². The highest BCUT2D eigenvalue weighted by atomic mass is 16.5. The molecular formula is C20H26N6O2. The number of aromatic nitrogens is 2. The van der Waals surface area contributed by atoms with Gasteiger partial charge in [0.15, 0.2) is 0 Å². The lowest BCUT2D eigenvalue weighted by atomic mass is 10.0. The first-order valence-electron chi connectivity index (χ1n) is 8.94. The smallest absolute Gasteiger partial charge is 0.246 e. The van der Waals surface area contributed by atoms with Crippen LogP contribution < -0.4 is 11.1 Å². The molecule has 4 N–H and O–H groups in total. The number of hydrogen-bond acceptors (Lipinski definition) is 7. The summed E-state index contributed by atoms with van der Waals surface area (Å²) in [6.45, 7) is 7.43. The number of nitrogens with zero attached hydrogens (tertiary/aromatic N) is 3. The number of anilines is 2. The van der Waals surface area contributed by atoms with Gasteiger partial charge in [-0.1, -0.05) is 30.8 Å². The quantitative estimate of drug-likeness (QED) is 0.428. The van der Waals surface area contributed by atoms with E-state index in [9.17, 15) is 4.79 Å². The molecule has 0 radical (unpaired) electrons. The zero-order valence-corrected chi connectivity index (χ0v) is 16.2. The minimum Gasteiger partial charge on any atom is -0.383 e. The van der Waals surface area contributed by atoms with Crippen LogP contribution in [0.2, 0.25) is 0 Å². The molecule has 1 heterocycles. The Balaban J connectivity index is 2.17. The van der Waals surface area contributed by atoms with E-state index in [1.165, 1.54) is 12.4 Å². The number of carbonyl (C=O) groups excluding carboxylic acids is 1. The topological polar surface area (TPSA) is 117 Å². The molecular weight excluding hydrogens is 356 g/mol. The molecule has 1 amide bonds. The first kappa shape index (κ1) is 21.0. The molecule has 8 nitrogen and oxygen atoms in total. The van der Waals surface area contributed by atoms with Gasteiger partial charge in [0.25, 0.3) is 0 Å². The van der Waals surface area contributed by atoms with Crippen LogP contribution in [0.25, 0.3) is 0 Å². The van der Waals surface area contributed by atoms with Crippen molar-refractivity contribution >= 4 is 23.3 Å². The van der Waals surface area contributed by atoms with Gasteiger partial charge in [-0.25, -0.2) is 9.97 Å². The van der Waals surface area contributed by atoms with Gasteiger partial charge in [-0.3, -0.25) is 10.2 Å². The first-order valence-corrected chi connectivity index (χ1v) is 8.94. The van der Waals surface area contributed by atoms with Gasteiger partial charge in [0.05, 0.1) is 17.9 Å². The van der Waals surface area contributed by atoms with Crippen LogP contribution in [-0.4, -0.2) is 53.2 Å². The molecule has 0 aliphatic carbocycles. The number of methoxy groups -OCH3 is 1. The molecule has 0 atom stereocenters. The number of nitrogens with one attached hydrogen (secondary N) is 2. The van der Waals surface area contributed by atoms with E-state index in [1.807, 2.05) is 31.2 Å². The van der Waals surface area contributed by atoms with E-state index < -0.39 is 0 Å². The van der Waals surface area contributed by atoms with Gasteiger partial charge in [0, 0.05) is 32.3 Å². The van der Waals surface area contributed by atoms with Crippen LogP contribution in [0.3, 0.4) is 0 Å². The van der Waals surface area contributed by atoms with Crippen molar-refractivity contribution in [3.8, 4) is 0 Å². The van der Waals surface area contributed by atoms with Crippen LogP contribution in [0.1, 0.15) is 23.6 Å². The molecule has 1 aromatic carbocycles. The summed E-state index contributed by atoms with van der Waals surface area (Å²) in [7, 11) is 1.64. The Kier molecular flexibility index (Phi) is 7.65. The van der Waals surface area contributed by atoms with E-state index >= 15 is 0 Å². The second kappa shape index (κ2) is 10.2. The summed E-state index contributed by atoms with van der Waals surface area (Å²) in [5, 5.41) is 11.7. The number of rotatable bonds is 10. The minimum absolute atomic E-state index is 0.129. The fourth-order valence-corrected chi connectivity index (χ4v) is 2.72. The highest BCUT2D eigenvalue weighted by Crippen LogP contribution is 2.21. The van der Waals surface area contributed by atoms with Crippen molar-refractivity contribution < 1.29 is 9.53 Å². The second-order valence-corrected chi connectivity index (χ2v) is 6.04. The zero-order valence-electron chi connectivity index (χ0n) is 16.2. The van der Waals surface area contributed by atoms with E-state index in [0.29, 0.717) is 43.2 Å². The number of nitrogens with two attached hydrogens (primary N) is 1. The van der Waals surface area contributed by atoms with Gasteiger partial charge in [-0.05, 0) is 18.6 Å². The minimum atomic E-state index is -0.129. The van der Waals surface area contributed by atoms with Gasteiger partial charge in [0.2, 0.25) is 5.91 Å². The fraction of sp³-hybridized carbons (Fsp3) is 0.300. The number of carbonyl (C=O) groups is 1. The number of ether oxygens (including phenoxy) is 1. The second-order valence-electron chi connectivity index (χ2n) is 6.04. The highest BCUT2D eigenvalue weighted by Gasteiger charge is 2.16. The Morgan fingerprint density at radius 3 is 2.68 bits per heavy atom. The Labute approximate surface area is 164 Å². The van der Waals surface area contributed by atoms with Gasteiger partial charge < -0.3 is 20.7 Å². The van der Waals surface area contributed by atoms with E-state index in [1.54, 1.807) is 12.0 Å². The molecule has 0 aliphatic rings. The standard InChI is InChI=1S/C20H26N6O2/c1-4-16(27)26(5-2)11-10-23-20-17(19(22)24-13-25-20)18(21)15-8-6-14(7-9-15)12-28-3/h4,6-9,13,21H,1,5,10-12H2,2-3H3,(H3,22,23,24,25). The number of amides is 1. The maximum atomic E-state index is 11.8. The van der Waals surface area contributed by atoms with Gasteiger partial charge >= 0.3 is 0 Å². The van der Waals surface area contributed by atoms with Crippen LogP contribution in [0.5, 0.6) is 0 Å². The largest absolute Gasteiger partial charge is 0.383 e. The van der Waals surface area contributed by atoms with Crippen molar-refractivity contribution in [1.29, 1.82) is 5.41 Å². The van der Waals surface area contributed by atoms with Crippen molar-refractivity contribution in [2.75, 3.05) is 37.8 Å². The average molecular weight is 382 g/mol. The Morgan fingerprint density at radius 2 is 2.07 bits per heavy atom. The van der Waals surface area contributed by atoms with Crippen LogP contribution in [-0.2, 0) is 16.1 Å². The molecule has 0 saturated carbocycles. The molecule has 0 fully saturated rings. The molecule has 0 bridgehead atoms. The maximum absolute atomic E-state index is 11.8. The number of nitrogen functional groups attached to an aromatic ring is 1. The summed E-state index contributed by atoms with van der Waals surface area (Å²) in [6.07, 6.45) is 2.64. The molecule has 0 spiro atoms. The summed E-state index contributed by atoms with van der Waals surface area (Å²) in [5.41, 5.74) is 8.40. The zero-order chi connectivity index (χ0) is 20.5. The highest BCUT2D eigenvalue weighted by molar-refractivity contribution is 6.16. The van der Waals surface area contributed by atoms with Crippen molar-refractivity contribution in [2.45, 2.75) is 13.5 Å². The normalized spacial score (nSPS) is 10.4. The molecule has 0 aliphatic heterocycles. The van der Waals surface area contributed by atoms with Crippen LogP contribution >= 0.6 is 0 Å². The SMILES string of the molecule is C=CC(=O)N(CC)CCNc1ncnc(N)c1C(=N)c1ccc(COC)cc1. The van der Waals surface area contributed by atoms with Crippen LogP contribution in [0.15, 0.2) is 43.2 Å². The molecule has 0 unspecified atom stereocenters. The van der Waals surface area contributed by atoms with Gasteiger partial charge in [-0.15, -0.1) is 0 Å². The van der Waals surface area contributed by atoms with E-state index in [0.717, 1.165) is 5.56 Å². The summed E-state index contributed by atoms with van der Waals surface area (Å²) in [4.78, 5) is 21.7. The molecule has 0 saturated heterocycles. The Hall–Kier alpha value is -3.26. The van der Waals surface area contributed by atoms with E-state index in [4.69, 9.17) is 15.9 Å². The van der Waals surface area contributed by atoms with Gasteiger partial charge in [-0.2, -0.15) is 0 Å². The van der Waals surface area contributed by atoms with Crippen molar-refractivity contribution in [3.63, 3.8) is 0 Å². The first-order chi connectivity index (χ1) is 13.5. The summed E-state index contributed by atoms with van der Waals surface area (Å²) >= 11 is 0. The van der Waals surface area contributed by atoms with Gasteiger partial charge in [0.1, 0.15) is 18.0 Å². The lowest BCUT2D eigenvalue weighted by Crippen LogP contribution is -2.33. The van der Waals surface area contributed by atoms with Crippen molar-refractivity contribution in [2.24, 2.45) is 0 Å². The van der Waals surface area contributed by atoms with Crippen molar-refractivity contribution in [1.82, 2.24) is 14.9 Å².